The van der Waals surface area contributed by atoms with Crippen LogP contribution < -0.4 is 0 Å². The summed E-state index contributed by atoms with van der Waals surface area (Å²) in [6.45, 7) is 5.62. The highest BCUT2D eigenvalue weighted by atomic mass is 16.6. The van der Waals surface area contributed by atoms with E-state index in [9.17, 15) is 0 Å². The molecule has 2 aliphatic heterocycles. The summed E-state index contributed by atoms with van der Waals surface area (Å²) in [6.07, 6.45) is 1.96. The van der Waals surface area contributed by atoms with Crippen LogP contribution >= 0.6 is 0 Å². The second-order valence-corrected chi connectivity index (χ2v) is 3.72. The molecule has 3 heteroatoms. The Kier molecular flexibility index (Phi) is 2.35. The van der Waals surface area contributed by atoms with Gasteiger partial charge in [0.1, 0.15) is 12.2 Å². The van der Waals surface area contributed by atoms with Crippen molar-refractivity contribution in [1.82, 2.24) is 0 Å². The third-order valence-corrected chi connectivity index (χ3v) is 2.37. The predicted molar refractivity (Wildman–Crippen MR) is 44.1 cm³/mol. The van der Waals surface area contributed by atoms with Gasteiger partial charge in [0.25, 0.3) is 0 Å². The summed E-state index contributed by atoms with van der Waals surface area (Å²) >= 11 is 0. The van der Waals surface area contributed by atoms with Gasteiger partial charge in [-0.15, -0.1) is 0 Å². The van der Waals surface area contributed by atoms with Crippen molar-refractivity contribution in [2.75, 3.05) is 13.2 Å². The zero-order valence-corrected chi connectivity index (χ0v) is 7.66. The van der Waals surface area contributed by atoms with Crippen LogP contribution in [0.5, 0.6) is 0 Å². The largest absolute Gasteiger partial charge is 0.373 e. The fraction of sp³-hybridized carbons (Fsp3) is 1.00. The average Bonchev–Trinajstić information content (AvgIpc) is 2.52. The lowest BCUT2D eigenvalue weighted by molar-refractivity contribution is -0.0568. The molecule has 0 N–H and O–H groups in total. The third kappa shape index (κ3) is 1.49. The van der Waals surface area contributed by atoms with E-state index in [0.717, 1.165) is 13.0 Å². The number of rotatable bonds is 2. The Morgan fingerprint density at radius 2 is 2.17 bits per heavy atom. The molecule has 0 aromatic rings. The first kappa shape index (κ1) is 8.48. The minimum Gasteiger partial charge on any atom is -0.373 e. The van der Waals surface area contributed by atoms with Gasteiger partial charge in [-0.1, -0.05) is 0 Å². The molecule has 0 aliphatic carbocycles. The first-order chi connectivity index (χ1) is 5.77. The first-order valence-electron chi connectivity index (χ1n) is 4.66. The second-order valence-electron chi connectivity index (χ2n) is 3.72. The Hall–Kier alpha value is -0.120. The summed E-state index contributed by atoms with van der Waals surface area (Å²) in [4.78, 5) is 0. The Morgan fingerprint density at radius 1 is 1.33 bits per heavy atom. The Bertz CT molecular complexity index is 158. The maximum Gasteiger partial charge on any atom is 0.112 e. The number of hydrogen-bond acceptors (Lipinski definition) is 3. The molecule has 0 saturated carbocycles. The van der Waals surface area contributed by atoms with E-state index in [-0.39, 0.29) is 18.3 Å². The highest BCUT2D eigenvalue weighted by molar-refractivity contribution is 4.89. The van der Waals surface area contributed by atoms with E-state index in [1.807, 2.05) is 13.8 Å². The van der Waals surface area contributed by atoms with Crippen LogP contribution in [-0.2, 0) is 14.2 Å². The molecule has 0 bridgehead atoms. The van der Waals surface area contributed by atoms with Crippen LogP contribution in [0.25, 0.3) is 0 Å². The van der Waals surface area contributed by atoms with Gasteiger partial charge in [0.2, 0.25) is 0 Å². The first-order valence-corrected chi connectivity index (χ1v) is 4.66. The monoisotopic (exact) mass is 172 g/mol. The van der Waals surface area contributed by atoms with Gasteiger partial charge in [0.15, 0.2) is 0 Å². The van der Waals surface area contributed by atoms with E-state index >= 15 is 0 Å². The second kappa shape index (κ2) is 3.32. The van der Waals surface area contributed by atoms with Gasteiger partial charge in [0, 0.05) is 6.61 Å². The fourth-order valence-corrected chi connectivity index (χ4v) is 1.90. The van der Waals surface area contributed by atoms with Gasteiger partial charge in [0.05, 0.1) is 18.8 Å². The molecule has 0 radical (unpaired) electrons. The normalized spacial score (nSPS) is 40.8. The molecule has 2 rings (SSSR count). The van der Waals surface area contributed by atoms with E-state index in [0.29, 0.717) is 12.7 Å². The van der Waals surface area contributed by atoms with Crippen LogP contribution in [0.15, 0.2) is 0 Å². The molecule has 70 valence electrons. The molecule has 2 saturated heterocycles. The Balaban J connectivity index is 1.91. The van der Waals surface area contributed by atoms with Crippen LogP contribution in [0.4, 0.5) is 0 Å². The summed E-state index contributed by atoms with van der Waals surface area (Å²) in [6, 6.07) is 0. The molecule has 0 aromatic carbocycles. The molecule has 0 aromatic heterocycles. The zero-order chi connectivity index (χ0) is 8.55. The van der Waals surface area contributed by atoms with Crippen molar-refractivity contribution in [2.24, 2.45) is 0 Å². The molecule has 2 aliphatic rings. The van der Waals surface area contributed by atoms with Crippen molar-refractivity contribution in [3.63, 3.8) is 0 Å². The number of fused-ring (bicyclic) bond motifs is 1. The molecule has 0 spiro atoms. The lowest BCUT2D eigenvalue weighted by atomic mass is 10.1. The molecule has 2 heterocycles. The topological polar surface area (TPSA) is 27.7 Å². The standard InChI is InChI=1S/C9H16O3/c1-6(2)12-8-5-11-7-3-4-10-9(7)8/h6-9H,3-5H2,1-2H3/t7-,8-,9+/m1/s1. The maximum atomic E-state index is 5.68. The van der Waals surface area contributed by atoms with E-state index in [1.165, 1.54) is 0 Å². The molecule has 3 nitrogen and oxygen atoms in total. The van der Waals surface area contributed by atoms with Crippen LogP contribution in [0.3, 0.4) is 0 Å². The summed E-state index contributed by atoms with van der Waals surface area (Å²) in [5, 5.41) is 0. The van der Waals surface area contributed by atoms with Crippen molar-refractivity contribution in [3.05, 3.63) is 0 Å². The van der Waals surface area contributed by atoms with Crippen molar-refractivity contribution < 1.29 is 14.2 Å². The van der Waals surface area contributed by atoms with Crippen molar-refractivity contribution in [2.45, 2.75) is 44.7 Å². The lowest BCUT2D eigenvalue weighted by Gasteiger charge is -2.18. The van der Waals surface area contributed by atoms with Crippen LogP contribution in [-0.4, -0.2) is 37.6 Å². The molecular weight excluding hydrogens is 156 g/mol. The quantitative estimate of drug-likeness (QED) is 0.621. The zero-order valence-electron chi connectivity index (χ0n) is 7.66. The Labute approximate surface area is 73.0 Å². The predicted octanol–water partition coefficient (Wildman–Crippen LogP) is 0.968. The summed E-state index contributed by atoms with van der Waals surface area (Å²) < 4.78 is 16.8. The van der Waals surface area contributed by atoms with Gasteiger partial charge < -0.3 is 14.2 Å². The SMILES string of the molecule is CC(C)O[C@@H]1CO[C@@H]2CCO[C@@H]21. The third-order valence-electron chi connectivity index (χ3n) is 2.37. The van der Waals surface area contributed by atoms with Gasteiger partial charge in [-0.3, -0.25) is 0 Å². The van der Waals surface area contributed by atoms with E-state index in [2.05, 4.69) is 0 Å². The van der Waals surface area contributed by atoms with Gasteiger partial charge in [-0.2, -0.15) is 0 Å². The summed E-state index contributed by atoms with van der Waals surface area (Å²) in [5.74, 6) is 0. The van der Waals surface area contributed by atoms with E-state index in [1.54, 1.807) is 0 Å². The van der Waals surface area contributed by atoms with Gasteiger partial charge in [-0.05, 0) is 20.3 Å². The van der Waals surface area contributed by atoms with Gasteiger partial charge in [-0.25, -0.2) is 0 Å². The van der Waals surface area contributed by atoms with Crippen LogP contribution in [0.1, 0.15) is 20.3 Å². The average molecular weight is 172 g/mol. The molecule has 2 fully saturated rings. The highest BCUT2D eigenvalue weighted by Gasteiger charge is 2.42. The highest BCUT2D eigenvalue weighted by Crippen LogP contribution is 2.28. The summed E-state index contributed by atoms with van der Waals surface area (Å²) in [5.41, 5.74) is 0. The number of hydrogen-bond donors (Lipinski definition) is 0. The maximum absolute atomic E-state index is 5.68. The Morgan fingerprint density at radius 3 is 2.92 bits per heavy atom. The smallest absolute Gasteiger partial charge is 0.112 e. The van der Waals surface area contributed by atoms with E-state index in [4.69, 9.17) is 14.2 Å². The minimum atomic E-state index is 0.164. The molecule has 0 amide bonds. The summed E-state index contributed by atoms with van der Waals surface area (Å²) in [7, 11) is 0. The van der Waals surface area contributed by atoms with Crippen molar-refractivity contribution in [1.29, 1.82) is 0 Å². The van der Waals surface area contributed by atoms with Crippen LogP contribution in [0, 0.1) is 0 Å². The van der Waals surface area contributed by atoms with Crippen LogP contribution in [0.2, 0.25) is 0 Å². The molecule has 3 atom stereocenters. The van der Waals surface area contributed by atoms with Crippen molar-refractivity contribution >= 4 is 0 Å². The fourth-order valence-electron chi connectivity index (χ4n) is 1.90. The minimum absolute atomic E-state index is 0.164. The molecular formula is C9H16O3. The molecule has 12 heavy (non-hydrogen) atoms. The lowest BCUT2D eigenvalue weighted by Crippen LogP contribution is -2.32. The van der Waals surface area contributed by atoms with Gasteiger partial charge >= 0.3 is 0 Å². The molecule has 0 unspecified atom stereocenters. The number of ether oxygens (including phenoxy) is 3. The van der Waals surface area contributed by atoms with Crippen molar-refractivity contribution in [3.8, 4) is 0 Å². The van der Waals surface area contributed by atoms with E-state index < -0.39 is 0 Å².